The number of benzene rings is 1. The molecule has 3 rings (SSSR count). The minimum absolute atomic E-state index is 0.0302. The molecule has 4 heteroatoms. The van der Waals surface area contributed by atoms with Gasteiger partial charge in [0.25, 0.3) is 0 Å². The molecule has 1 atom stereocenters. The van der Waals surface area contributed by atoms with Crippen molar-refractivity contribution in [2.45, 2.75) is 39.2 Å². The normalized spacial score (nSPS) is 25.1. The van der Waals surface area contributed by atoms with E-state index in [0.717, 1.165) is 12.1 Å². The molecule has 1 aromatic carbocycles. The van der Waals surface area contributed by atoms with Gasteiger partial charge in [-0.3, -0.25) is 14.5 Å². The van der Waals surface area contributed by atoms with E-state index in [1.807, 2.05) is 32.0 Å². The number of hydrogen-bond acceptors (Lipinski definition) is 3. The molecule has 20 heavy (non-hydrogen) atoms. The number of para-hydroxylation sites is 1. The molecule has 2 aliphatic rings. The first-order valence-corrected chi connectivity index (χ1v) is 7.13. The second-order valence-corrected chi connectivity index (χ2v) is 6.57. The van der Waals surface area contributed by atoms with E-state index < -0.39 is 0 Å². The standard InChI is InChI=1S/C16H20N2O2/c1-16(2)8-14(19)18(15(20)9-16)12-7-11-5-3-4-6-13(11)17-10-12/h3-6,12,17H,7-10H2,1-2H3. The Morgan fingerprint density at radius 3 is 2.50 bits per heavy atom. The molecule has 1 fully saturated rings. The van der Waals surface area contributed by atoms with E-state index in [2.05, 4.69) is 11.4 Å². The summed E-state index contributed by atoms with van der Waals surface area (Å²) in [6.07, 6.45) is 1.66. The van der Waals surface area contributed by atoms with Crippen molar-refractivity contribution in [2.75, 3.05) is 11.9 Å². The fourth-order valence-corrected chi connectivity index (χ4v) is 3.21. The van der Waals surface area contributed by atoms with Crippen LogP contribution in [0.3, 0.4) is 0 Å². The average Bonchev–Trinajstić information content (AvgIpc) is 2.36. The number of nitrogens with one attached hydrogen (secondary N) is 1. The Hall–Kier alpha value is -1.84. The number of fused-ring (bicyclic) bond motifs is 1. The summed E-state index contributed by atoms with van der Waals surface area (Å²) in [5, 5.41) is 3.33. The number of carbonyl (C=O) groups is 2. The van der Waals surface area contributed by atoms with Crippen LogP contribution in [0.4, 0.5) is 5.69 Å². The van der Waals surface area contributed by atoms with Crippen molar-refractivity contribution in [1.29, 1.82) is 0 Å². The molecule has 2 aliphatic heterocycles. The summed E-state index contributed by atoms with van der Waals surface area (Å²) in [5.74, 6) is -0.0603. The van der Waals surface area contributed by atoms with E-state index in [-0.39, 0.29) is 23.3 Å². The van der Waals surface area contributed by atoms with Crippen LogP contribution in [0.5, 0.6) is 0 Å². The highest BCUT2D eigenvalue weighted by Crippen LogP contribution is 2.34. The molecule has 0 saturated carbocycles. The molecule has 4 nitrogen and oxygen atoms in total. The van der Waals surface area contributed by atoms with E-state index in [0.29, 0.717) is 19.4 Å². The largest absolute Gasteiger partial charge is 0.383 e. The van der Waals surface area contributed by atoms with E-state index in [9.17, 15) is 9.59 Å². The predicted octanol–water partition coefficient (Wildman–Crippen LogP) is 2.20. The molecule has 1 aromatic rings. The van der Waals surface area contributed by atoms with Crippen LogP contribution in [-0.4, -0.2) is 29.3 Å². The minimum Gasteiger partial charge on any atom is -0.383 e. The highest BCUT2D eigenvalue weighted by molar-refractivity contribution is 5.99. The number of carbonyl (C=O) groups excluding carboxylic acids is 2. The van der Waals surface area contributed by atoms with Gasteiger partial charge in [-0.15, -0.1) is 0 Å². The number of anilines is 1. The fraction of sp³-hybridized carbons (Fsp3) is 0.500. The fourth-order valence-electron chi connectivity index (χ4n) is 3.21. The van der Waals surface area contributed by atoms with E-state index in [4.69, 9.17) is 0 Å². The lowest BCUT2D eigenvalue weighted by Crippen LogP contribution is -2.54. The lowest BCUT2D eigenvalue weighted by atomic mass is 9.81. The lowest BCUT2D eigenvalue weighted by molar-refractivity contribution is -0.155. The molecule has 2 heterocycles. The van der Waals surface area contributed by atoms with Gasteiger partial charge in [-0.25, -0.2) is 0 Å². The highest BCUT2D eigenvalue weighted by atomic mass is 16.2. The van der Waals surface area contributed by atoms with Crippen LogP contribution < -0.4 is 5.32 Å². The number of piperidine rings is 1. The summed E-state index contributed by atoms with van der Waals surface area (Å²) in [5.41, 5.74) is 2.08. The first kappa shape index (κ1) is 13.2. The second kappa shape index (κ2) is 4.62. The third-order valence-corrected chi connectivity index (χ3v) is 4.16. The van der Waals surface area contributed by atoms with Gasteiger partial charge in [0.05, 0.1) is 6.04 Å². The summed E-state index contributed by atoms with van der Waals surface area (Å²) in [6.45, 7) is 4.61. The van der Waals surface area contributed by atoms with Crippen LogP contribution in [-0.2, 0) is 16.0 Å². The molecule has 1 N–H and O–H groups in total. The van der Waals surface area contributed by atoms with Gasteiger partial charge in [0.15, 0.2) is 0 Å². The van der Waals surface area contributed by atoms with Crippen molar-refractivity contribution in [3.8, 4) is 0 Å². The Balaban J connectivity index is 1.81. The molecule has 0 spiro atoms. The number of rotatable bonds is 1. The quantitative estimate of drug-likeness (QED) is 0.797. The van der Waals surface area contributed by atoms with Gasteiger partial charge >= 0.3 is 0 Å². The molecular weight excluding hydrogens is 252 g/mol. The van der Waals surface area contributed by atoms with Crippen molar-refractivity contribution >= 4 is 17.5 Å². The first-order valence-electron chi connectivity index (χ1n) is 7.13. The van der Waals surface area contributed by atoms with Crippen molar-refractivity contribution in [3.05, 3.63) is 29.8 Å². The molecule has 0 aliphatic carbocycles. The zero-order valence-corrected chi connectivity index (χ0v) is 12.0. The maximum absolute atomic E-state index is 12.3. The Kier molecular flexibility index (Phi) is 3.04. The zero-order chi connectivity index (χ0) is 14.3. The number of nitrogens with zero attached hydrogens (tertiary/aromatic N) is 1. The zero-order valence-electron chi connectivity index (χ0n) is 12.0. The number of amides is 2. The molecule has 0 radical (unpaired) electrons. The van der Waals surface area contributed by atoms with E-state index in [1.165, 1.54) is 10.5 Å². The second-order valence-electron chi connectivity index (χ2n) is 6.57. The van der Waals surface area contributed by atoms with E-state index in [1.54, 1.807) is 0 Å². The molecule has 0 aromatic heterocycles. The monoisotopic (exact) mass is 272 g/mol. The van der Waals surface area contributed by atoms with Crippen molar-refractivity contribution < 1.29 is 9.59 Å². The highest BCUT2D eigenvalue weighted by Gasteiger charge is 2.41. The third-order valence-electron chi connectivity index (χ3n) is 4.16. The van der Waals surface area contributed by atoms with Gasteiger partial charge in [-0.2, -0.15) is 0 Å². The minimum atomic E-state index is -0.204. The smallest absolute Gasteiger partial charge is 0.230 e. The Labute approximate surface area is 119 Å². The van der Waals surface area contributed by atoms with Crippen molar-refractivity contribution in [1.82, 2.24) is 4.90 Å². The Morgan fingerprint density at radius 1 is 1.15 bits per heavy atom. The van der Waals surface area contributed by atoms with Gasteiger partial charge in [0.1, 0.15) is 0 Å². The summed E-state index contributed by atoms with van der Waals surface area (Å²) in [7, 11) is 0. The number of imide groups is 1. The van der Waals surface area contributed by atoms with E-state index >= 15 is 0 Å². The van der Waals surface area contributed by atoms with Crippen LogP contribution in [0.25, 0.3) is 0 Å². The lowest BCUT2D eigenvalue weighted by Gasteiger charge is -2.40. The van der Waals surface area contributed by atoms with Crippen molar-refractivity contribution in [3.63, 3.8) is 0 Å². The maximum Gasteiger partial charge on any atom is 0.230 e. The van der Waals surface area contributed by atoms with Crippen LogP contribution >= 0.6 is 0 Å². The van der Waals surface area contributed by atoms with Gasteiger partial charge in [-0.1, -0.05) is 32.0 Å². The predicted molar refractivity (Wildman–Crippen MR) is 77.3 cm³/mol. The van der Waals surface area contributed by atoms with Crippen LogP contribution in [0.15, 0.2) is 24.3 Å². The van der Waals surface area contributed by atoms with Crippen LogP contribution in [0, 0.1) is 5.41 Å². The molecule has 106 valence electrons. The Morgan fingerprint density at radius 2 is 1.80 bits per heavy atom. The molecule has 1 unspecified atom stereocenters. The summed E-state index contributed by atoms with van der Waals surface area (Å²) < 4.78 is 0. The molecule has 1 saturated heterocycles. The van der Waals surface area contributed by atoms with Crippen LogP contribution in [0.1, 0.15) is 32.3 Å². The number of hydrogen-bond donors (Lipinski definition) is 1. The Bertz CT molecular complexity index is 545. The third kappa shape index (κ3) is 2.30. The van der Waals surface area contributed by atoms with Crippen molar-refractivity contribution in [2.24, 2.45) is 5.41 Å². The molecule has 2 amide bonds. The van der Waals surface area contributed by atoms with Crippen LogP contribution in [0.2, 0.25) is 0 Å². The summed E-state index contributed by atoms with van der Waals surface area (Å²) >= 11 is 0. The molecular formula is C16H20N2O2. The summed E-state index contributed by atoms with van der Waals surface area (Å²) in [6, 6.07) is 8.02. The van der Waals surface area contributed by atoms with Gasteiger partial charge < -0.3 is 5.32 Å². The maximum atomic E-state index is 12.3. The summed E-state index contributed by atoms with van der Waals surface area (Å²) in [4.78, 5) is 26.1. The average molecular weight is 272 g/mol. The first-order chi connectivity index (χ1) is 9.46. The molecule has 0 bridgehead atoms. The SMILES string of the molecule is CC1(C)CC(=O)N(C2CNc3ccccc3C2)C(=O)C1. The number of likely N-dealkylation sites (tertiary alicyclic amines) is 1. The van der Waals surface area contributed by atoms with Gasteiger partial charge in [0.2, 0.25) is 11.8 Å². The topological polar surface area (TPSA) is 49.4 Å². The van der Waals surface area contributed by atoms with Gasteiger partial charge in [0, 0.05) is 25.1 Å². The van der Waals surface area contributed by atoms with Gasteiger partial charge in [-0.05, 0) is 23.5 Å².